The van der Waals surface area contributed by atoms with Crippen molar-refractivity contribution in [2.75, 3.05) is 10.5 Å². The van der Waals surface area contributed by atoms with Gasteiger partial charge in [-0.1, -0.05) is 17.7 Å². The number of aryl methyl sites for hydroxylation is 1. The van der Waals surface area contributed by atoms with Crippen molar-refractivity contribution in [2.24, 2.45) is 0 Å². The lowest BCUT2D eigenvalue weighted by Crippen LogP contribution is -2.16. The molecule has 2 aromatic carbocycles. The van der Waals surface area contributed by atoms with Crippen LogP contribution in [0.2, 0.25) is 5.02 Å². The molecule has 0 amide bonds. The van der Waals surface area contributed by atoms with Gasteiger partial charge in [0.2, 0.25) is 0 Å². The number of halogens is 3. The van der Waals surface area contributed by atoms with Crippen LogP contribution in [-0.4, -0.2) is 8.42 Å². The Morgan fingerprint density at radius 2 is 1.86 bits per heavy atom. The van der Waals surface area contributed by atoms with Crippen LogP contribution in [0.4, 0.5) is 20.2 Å². The predicted molar refractivity (Wildman–Crippen MR) is 77.8 cm³/mol. The number of nitrogens with one attached hydrogen (secondary N) is 1. The molecule has 8 heteroatoms. The highest BCUT2D eigenvalue weighted by Gasteiger charge is 2.23. The summed E-state index contributed by atoms with van der Waals surface area (Å²) in [5.74, 6) is -2.35. The summed E-state index contributed by atoms with van der Waals surface area (Å²) in [4.78, 5) is -0.735. The van der Waals surface area contributed by atoms with Gasteiger partial charge in [-0.2, -0.15) is 0 Å². The van der Waals surface area contributed by atoms with Crippen LogP contribution in [0.5, 0.6) is 0 Å². The third-order valence-electron chi connectivity index (χ3n) is 2.82. The van der Waals surface area contributed by atoms with E-state index in [0.717, 1.165) is 12.1 Å². The highest BCUT2D eigenvalue weighted by atomic mass is 35.5. The van der Waals surface area contributed by atoms with Crippen molar-refractivity contribution in [3.05, 3.63) is 52.6 Å². The summed E-state index contributed by atoms with van der Waals surface area (Å²) in [6.07, 6.45) is 0. The van der Waals surface area contributed by atoms with Crippen LogP contribution in [0.3, 0.4) is 0 Å². The summed E-state index contributed by atoms with van der Waals surface area (Å²) >= 11 is 5.79. The minimum absolute atomic E-state index is 0.199. The second-order valence-electron chi connectivity index (χ2n) is 4.34. The molecule has 0 bridgehead atoms. The first-order valence-electron chi connectivity index (χ1n) is 5.75. The SMILES string of the molecule is Cc1ccc(Cl)cc1NS(=O)(=O)c1ccc(F)c(N)c1F. The van der Waals surface area contributed by atoms with Crippen molar-refractivity contribution in [3.8, 4) is 0 Å². The molecule has 0 unspecified atom stereocenters. The average molecular weight is 333 g/mol. The van der Waals surface area contributed by atoms with Gasteiger partial charge in [-0.05, 0) is 36.8 Å². The van der Waals surface area contributed by atoms with Crippen LogP contribution < -0.4 is 10.5 Å². The summed E-state index contributed by atoms with van der Waals surface area (Å²) < 4.78 is 53.5. The lowest BCUT2D eigenvalue weighted by atomic mass is 10.2. The number of hydrogen-bond donors (Lipinski definition) is 2. The van der Waals surface area contributed by atoms with E-state index in [1.54, 1.807) is 19.1 Å². The van der Waals surface area contributed by atoms with E-state index in [-0.39, 0.29) is 5.69 Å². The van der Waals surface area contributed by atoms with Gasteiger partial charge in [0, 0.05) is 5.02 Å². The van der Waals surface area contributed by atoms with E-state index in [4.69, 9.17) is 17.3 Å². The lowest BCUT2D eigenvalue weighted by molar-refractivity contribution is 0.557. The van der Waals surface area contributed by atoms with Crippen LogP contribution in [0.15, 0.2) is 35.2 Å². The summed E-state index contributed by atoms with van der Waals surface area (Å²) in [5, 5.41) is 0.317. The van der Waals surface area contributed by atoms with Crippen LogP contribution >= 0.6 is 11.6 Å². The first kappa shape index (κ1) is 15.5. The molecule has 0 radical (unpaired) electrons. The Labute approximate surface area is 125 Å². The van der Waals surface area contributed by atoms with Crippen molar-refractivity contribution in [1.29, 1.82) is 0 Å². The fourth-order valence-electron chi connectivity index (χ4n) is 1.66. The third-order valence-corrected chi connectivity index (χ3v) is 4.44. The van der Waals surface area contributed by atoms with E-state index in [1.807, 2.05) is 0 Å². The third kappa shape index (κ3) is 3.08. The van der Waals surface area contributed by atoms with Gasteiger partial charge in [0.05, 0.1) is 5.69 Å². The van der Waals surface area contributed by atoms with Gasteiger partial charge in [0.25, 0.3) is 10.0 Å². The maximum absolute atomic E-state index is 13.8. The maximum Gasteiger partial charge on any atom is 0.264 e. The minimum atomic E-state index is -4.25. The van der Waals surface area contributed by atoms with E-state index >= 15 is 0 Å². The molecule has 0 aliphatic heterocycles. The number of benzene rings is 2. The van der Waals surface area contributed by atoms with Crippen LogP contribution in [-0.2, 0) is 10.0 Å². The van der Waals surface area contributed by atoms with E-state index < -0.39 is 32.2 Å². The molecule has 0 saturated heterocycles. The number of sulfonamides is 1. The smallest absolute Gasteiger partial charge is 0.264 e. The number of nitrogens with two attached hydrogens (primary N) is 1. The maximum atomic E-state index is 13.8. The second kappa shape index (κ2) is 5.50. The number of anilines is 2. The molecule has 2 aromatic rings. The number of rotatable bonds is 3. The van der Waals surface area contributed by atoms with Crippen molar-refractivity contribution in [3.63, 3.8) is 0 Å². The van der Waals surface area contributed by atoms with Crippen molar-refractivity contribution in [1.82, 2.24) is 0 Å². The molecule has 21 heavy (non-hydrogen) atoms. The molecular formula is C13H11ClF2N2O2S. The highest BCUT2D eigenvalue weighted by molar-refractivity contribution is 7.92. The quantitative estimate of drug-likeness (QED) is 0.847. The second-order valence-corrected chi connectivity index (χ2v) is 6.43. The largest absolute Gasteiger partial charge is 0.394 e. The zero-order valence-electron chi connectivity index (χ0n) is 10.8. The van der Waals surface area contributed by atoms with E-state index in [9.17, 15) is 17.2 Å². The molecule has 4 nitrogen and oxygen atoms in total. The Morgan fingerprint density at radius 3 is 2.52 bits per heavy atom. The summed E-state index contributed by atoms with van der Waals surface area (Å²) in [5.41, 5.74) is 5.11. The molecule has 3 N–H and O–H groups in total. The van der Waals surface area contributed by atoms with Crippen molar-refractivity contribution >= 4 is 33.0 Å². The van der Waals surface area contributed by atoms with Crippen LogP contribution in [0.1, 0.15) is 5.56 Å². The Hall–Kier alpha value is -1.86. The lowest BCUT2D eigenvalue weighted by Gasteiger charge is -2.12. The topological polar surface area (TPSA) is 72.2 Å². The van der Waals surface area contributed by atoms with Gasteiger partial charge in [-0.3, -0.25) is 4.72 Å². The molecule has 2 rings (SSSR count). The van der Waals surface area contributed by atoms with Gasteiger partial charge in [-0.25, -0.2) is 17.2 Å². The van der Waals surface area contributed by atoms with Crippen molar-refractivity contribution < 1.29 is 17.2 Å². The predicted octanol–water partition coefficient (Wildman–Crippen LogP) is 3.31. The highest BCUT2D eigenvalue weighted by Crippen LogP contribution is 2.27. The fourth-order valence-corrected chi connectivity index (χ4v) is 3.05. The monoisotopic (exact) mass is 332 g/mol. The molecule has 0 saturated carbocycles. The van der Waals surface area contributed by atoms with Gasteiger partial charge >= 0.3 is 0 Å². The van der Waals surface area contributed by atoms with Crippen LogP contribution in [0, 0.1) is 18.6 Å². The zero-order valence-corrected chi connectivity index (χ0v) is 12.4. The van der Waals surface area contributed by atoms with Crippen molar-refractivity contribution in [2.45, 2.75) is 11.8 Å². The Balaban J connectivity index is 2.49. The Bertz CT molecular complexity index is 810. The molecule has 0 heterocycles. The molecular weight excluding hydrogens is 322 g/mol. The van der Waals surface area contributed by atoms with Gasteiger partial charge in [0.1, 0.15) is 16.4 Å². The molecule has 0 fully saturated rings. The number of hydrogen-bond acceptors (Lipinski definition) is 3. The van der Waals surface area contributed by atoms with E-state index in [2.05, 4.69) is 4.72 Å². The van der Waals surface area contributed by atoms with Gasteiger partial charge < -0.3 is 5.73 Å². The summed E-state index contributed by atoms with van der Waals surface area (Å²) in [6, 6.07) is 6.18. The first-order valence-corrected chi connectivity index (χ1v) is 7.61. The number of nitrogen functional groups attached to an aromatic ring is 1. The molecule has 0 aliphatic carbocycles. The van der Waals surface area contributed by atoms with E-state index in [1.165, 1.54) is 6.07 Å². The first-order chi connectivity index (χ1) is 9.72. The molecule has 0 aliphatic rings. The zero-order chi connectivity index (χ0) is 15.8. The Morgan fingerprint density at radius 1 is 1.19 bits per heavy atom. The average Bonchev–Trinajstić information content (AvgIpc) is 2.39. The van der Waals surface area contributed by atoms with Gasteiger partial charge in [-0.15, -0.1) is 0 Å². The fraction of sp³-hybridized carbons (Fsp3) is 0.0769. The molecule has 0 atom stereocenters. The summed E-state index contributed by atoms with van der Waals surface area (Å²) in [6.45, 7) is 1.66. The molecule has 0 spiro atoms. The summed E-state index contributed by atoms with van der Waals surface area (Å²) in [7, 11) is -4.25. The molecule has 0 aromatic heterocycles. The normalized spacial score (nSPS) is 11.4. The Kier molecular flexibility index (Phi) is 4.06. The molecule has 112 valence electrons. The van der Waals surface area contributed by atoms with Gasteiger partial charge in [0.15, 0.2) is 5.82 Å². The van der Waals surface area contributed by atoms with Crippen LogP contribution in [0.25, 0.3) is 0 Å². The van der Waals surface area contributed by atoms with E-state index in [0.29, 0.717) is 10.6 Å². The minimum Gasteiger partial charge on any atom is -0.394 e. The standard InChI is InChI=1S/C13H11ClF2N2O2S/c1-7-2-3-8(14)6-10(7)18-21(19,20)11-5-4-9(15)13(17)12(11)16/h2-6,18H,17H2,1H3.